The van der Waals surface area contributed by atoms with Crippen molar-refractivity contribution in [1.82, 2.24) is 0 Å². The van der Waals surface area contributed by atoms with E-state index in [4.69, 9.17) is 18.6 Å². The highest BCUT2D eigenvalue weighted by atomic mass is 28.4. The maximum Gasteiger partial charge on any atom is 0.330 e. The van der Waals surface area contributed by atoms with E-state index >= 15 is 0 Å². The highest BCUT2D eigenvalue weighted by molar-refractivity contribution is 6.74. The first kappa shape index (κ1) is 25.4. The molecule has 0 aromatic heterocycles. The van der Waals surface area contributed by atoms with Crippen molar-refractivity contribution in [3.63, 3.8) is 0 Å². The van der Waals surface area contributed by atoms with E-state index in [1.54, 1.807) is 6.08 Å². The number of carbonyl (C=O) groups excluding carboxylic acids is 1. The molecule has 4 fully saturated rings. The second kappa shape index (κ2) is 8.46. The topological polar surface area (TPSA) is 54.0 Å². The van der Waals surface area contributed by atoms with E-state index in [0.717, 1.165) is 25.7 Å². The van der Waals surface area contributed by atoms with E-state index in [9.17, 15) is 4.79 Å². The molecule has 0 radical (unpaired) electrons. The zero-order chi connectivity index (χ0) is 24.3. The highest BCUT2D eigenvalue weighted by Gasteiger charge is 2.65. The quantitative estimate of drug-likeness (QED) is 0.278. The summed E-state index contributed by atoms with van der Waals surface area (Å²) in [5, 5.41) is 0.226. The number of methoxy groups -OCH3 is 1. The van der Waals surface area contributed by atoms with Gasteiger partial charge in [-0.1, -0.05) is 40.7 Å². The Hall–Kier alpha value is -0.693. The van der Waals surface area contributed by atoms with Gasteiger partial charge in [0.15, 0.2) is 14.1 Å². The Balaban J connectivity index is 1.62. The number of carbonyl (C=O) groups is 1. The molecular formula is C27H46O5Si. The first-order valence-corrected chi connectivity index (χ1v) is 15.9. The fourth-order valence-corrected chi connectivity index (χ4v) is 8.94. The third-order valence-electron chi connectivity index (χ3n) is 10.5. The van der Waals surface area contributed by atoms with Gasteiger partial charge in [-0.15, -0.1) is 0 Å². The normalized spacial score (nSPS) is 40.7. The number of esters is 1. The van der Waals surface area contributed by atoms with Crippen LogP contribution in [0.2, 0.25) is 18.1 Å². The highest BCUT2D eigenvalue weighted by Crippen LogP contribution is 2.67. The van der Waals surface area contributed by atoms with Crippen molar-refractivity contribution in [2.75, 3.05) is 20.3 Å². The van der Waals surface area contributed by atoms with Gasteiger partial charge in [-0.25, -0.2) is 4.79 Å². The van der Waals surface area contributed by atoms with Crippen molar-refractivity contribution in [3.05, 3.63) is 12.2 Å². The van der Waals surface area contributed by atoms with Gasteiger partial charge in [0.05, 0.1) is 26.4 Å². The lowest BCUT2D eigenvalue weighted by molar-refractivity contribution is -0.273. The van der Waals surface area contributed by atoms with Crippen molar-refractivity contribution in [2.24, 2.45) is 28.6 Å². The van der Waals surface area contributed by atoms with Crippen LogP contribution in [0.5, 0.6) is 0 Å². The van der Waals surface area contributed by atoms with Crippen LogP contribution >= 0.6 is 0 Å². The average Bonchev–Trinajstić information content (AvgIpc) is 3.34. The monoisotopic (exact) mass is 478 g/mol. The van der Waals surface area contributed by atoms with Crippen molar-refractivity contribution in [1.29, 1.82) is 0 Å². The SMILES string of the molecule is COC(=O)/C=C/[C@]1(C)[C@H]2CC[C@]3(C)[C@@H](O[Si](C)(C)C(C)(C)C)CC[C@H]3[C@@H]2CCC12OCCO2. The maximum absolute atomic E-state index is 12.0. The smallest absolute Gasteiger partial charge is 0.330 e. The Morgan fingerprint density at radius 1 is 1.00 bits per heavy atom. The fourth-order valence-electron chi connectivity index (χ4n) is 7.49. The van der Waals surface area contributed by atoms with Crippen LogP contribution in [0, 0.1) is 28.6 Å². The second-order valence-corrected chi connectivity index (χ2v) is 17.7. The molecule has 0 aromatic rings. The van der Waals surface area contributed by atoms with Crippen molar-refractivity contribution in [3.8, 4) is 0 Å². The first-order valence-electron chi connectivity index (χ1n) is 13.0. The minimum atomic E-state index is -1.82. The molecule has 188 valence electrons. The number of fused-ring (bicyclic) bond motifs is 3. The Morgan fingerprint density at radius 2 is 1.67 bits per heavy atom. The molecular weight excluding hydrogens is 432 g/mol. The van der Waals surface area contributed by atoms with Crippen LogP contribution in [0.4, 0.5) is 0 Å². The number of rotatable bonds is 4. The number of ether oxygens (including phenoxy) is 3. The molecule has 4 aliphatic rings. The summed E-state index contributed by atoms with van der Waals surface area (Å²) in [5.74, 6) is 0.742. The molecule has 6 atom stereocenters. The van der Waals surface area contributed by atoms with E-state index < -0.39 is 14.1 Å². The van der Waals surface area contributed by atoms with Crippen LogP contribution in [-0.2, 0) is 23.4 Å². The zero-order valence-corrected chi connectivity index (χ0v) is 23.2. The minimum absolute atomic E-state index is 0.226. The molecule has 0 bridgehead atoms. The molecule has 0 amide bonds. The Labute approximate surface area is 202 Å². The maximum atomic E-state index is 12.0. The molecule has 0 N–H and O–H groups in total. The van der Waals surface area contributed by atoms with Crippen LogP contribution in [0.1, 0.15) is 73.1 Å². The average molecular weight is 479 g/mol. The lowest BCUT2D eigenvalue weighted by Crippen LogP contribution is -2.60. The van der Waals surface area contributed by atoms with Crippen molar-refractivity contribution >= 4 is 14.3 Å². The minimum Gasteiger partial charge on any atom is -0.466 e. The fraction of sp³-hybridized carbons (Fsp3) is 0.889. The predicted molar refractivity (Wildman–Crippen MR) is 132 cm³/mol. The summed E-state index contributed by atoms with van der Waals surface area (Å²) in [4.78, 5) is 12.0. The van der Waals surface area contributed by atoms with Gasteiger partial charge in [0.1, 0.15) is 0 Å². The largest absolute Gasteiger partial charge is 0.466 e. The summed E-state index contributed by atoms with van der Waals surface area (Å²) in [6.45, 7) is 17.8. The molecule has 5 nitrogen and oxygen atoms in total. The van der Waals surface area contributed by atoms with Gasteiger partial charge in [0.2, 0.25) is 0 Å². The van der Waals surface area contributed by atoms with Gasteiger partial charge >= 0.3 is 5.97 Å². The lowest BCUT2D eigenvalue weighted by Gasteiger charge is -2.60. The number of hydrogen-bond acceptors (Lipinski definition) is 5. The van der Waals surface area contributed by atoms with Crippen molar-refractivity contribution < 1.29 is 23.4 Å². The molecule has 6 heteroatoms. The second-order valence-electron chi connectivity index (χ2n) is 13.0. The van der Waals surface area contributed by atoms with Crippen LogP contribution < -0.4 is 0 Å². The molecule has 3 saturated carbocycles. The summed E-state index contributed by atoms with van der Waals surface area (Å²) >= 11 is 0. The lowest BCUT2D eigenvalue weighted by atomic mass is 9.48. The Kier molecular flexibility index (Phi) is 6.51. The summed E-state index contributed by atoms with van der Waals surface area (Å²) < 4.78 is 24.7. The summed E-state index contributed by atoms with van der Waals surface area (Å²) in [6, 6.07) is 0. The summed E-state index contributed by atoms with van der Waals surface area (Å²) in [7, 11) is -0.389. The van der Waals surface area contributed by atoms with Crippen LogP contribution in [0.25, 0.3) is 0 Å². The molecule has 33 heavy (non-hydrogen) atoms. The Morgan fingerprint density at radius 3 is 2.27 bits per heavy atom. The molecule has 1 spiro atoms. The molecule has 1 aliphatic heterocycles. The van der Waals surface area contributed by atoms with Crippen molar-refractivity contribution in [2.45, 2.75) is 103 Å². The van der Waals surface area contributed by atoms with Gasteiger partial charge in [-0.05, 0) is 73.4 Å². The standard InChI is InChI=1S/C27H46O5Si/c1-24(2,3)33(7,8)32-22-10-9-20-19-11-16-27(30-17-18-31-27)26(5,15-13-23(28)29-6)21(19)12-14-25(20,22)4/h13,15,19-22H,9-12,14,16-18H2,1-8H3/b15-13+/t19-,20-,21-,22-,25-,26+/m0/s1. The van der Waals surface area contributed by atoms with Crippen LogP contribution in [0.15, 0.2) is 12.2 Å². The van der Waals surface area contributed by atoms with E-state index in [1.165, 1.54) is 20.0 Å². The third kappa shape index (κ3) is 3.97. The van der Waals surface area contributed by atoms with E-state index in [2.05, 4.69) is 53.8 Å². The Bertz CT molecular complexity index is 780. The van der Waals surface area contributed by atoms with Gasteiger partial charge in [-0.2, -0.15) is 0 Å². The predicted octanol–water partition coefficient (Wildman–Crippen LogP) is 6.09. The van der Waals surface area contributed by atoms with E-state index in [1.807, 2.05) is 0 Å². The molecule has 4 rings (SSSR count). The van der Waals surface area contributed by atoms with Gasteiger partial charge in [0, 0.05) is 17.9 Å². The third-order valence-corrected chi connectivity index (χ3v) is 15.0. The zero-order valence-electron chi connectivity index (χ0n) is 22.2. The molecule has 1 saturated heterocycles. The van der Waals surface area contributed by atoms with Crippen LogP contribution in [0.3, 0.4) is 0 Å². The molecule has 3 aliphatic carbocycles. The first-order chi connectivity index (χ1) is 15.3. The van der Waals surface area contributed by atoms with Crippen LogP contribution in [-0.4, -0.2) is 46.5 Å². The molecule has 0 aromatic carbocycles. The summed E-state index contributed by atoms with van der Waals surface area (Å²) in [5.41, 5.74) is -0.119. The van der Waals surface area contributed by atoms with E-state index in [0.29, 0.717) is 37.1 Å². The van der Waals surface area contributed by atoms with E-state index in [-0.39, 0.29) is 21.8 Å². The molecule has 1 heterocycles. The molecule has 0 unspecified atom stereocenters. The van der Waals surface area contributed by atoms with Gasteiger partial charge < -0.3 is 18.6 Å². The van der Waals surface area contributed by atoms with Gasteiger partial charge in [-0.3, -0.25) is 0 Å². The summed E-state index contributed by atoms with van der Waals surface area (Å²) in [6.07, 6.45) is 10.7. The number of hydrogen-bond donors (Lipinski definition) is 0. The van der Waals surface area contributed by atoms with Gasteiger partial charge in [0.25, 0.3) is 0 Å².